The summed E-state index contributed by atoms with van der Waals surface area (Å²) in [6.07, 6.45) is 4.28. The topological polar surface area (TPSA) is 26.5 Å². The first-order chi connectivity index (χ1) is 12.1. The van der Waals surface area contributed by atoms with Crippen molar-refractivity contribution in [1.82, 2.24) is 0 Å². The van der Waals surface area contributed by atoms with Gasteiger partial charge in [-0.2, -0.15) is 0 Å². The number of benzene rings is 2. The third kappa shape index (κ3) is 3.00. The molecular formula is C20H21BrFN2O+. The summed E-state index contributed by atoms with van der Waals surface area (Å²) in [5.74, 6) is 0.877. The van der Waals surface area contributed by atoms with Crippen molar-refractivity contribution in [2.24, 2.45) is 0 Å². The fourth-order valence-electron chi connectivity index (χ4n) is 3.90. The van der Waals surface area contributed by atoms with Crippen molar-refractivity contribution in [2.75, 3.05) is 18.0 Å². The van der Waals surface area contributed by atoms with Gasteiger partial charge in [-0.25, -0.2) is 13.9 Å². The molecule has 0 saturated heterocycles. The summed E-state index contributed by atoms with van der Waals surface area (Å²) in [6.45, 7) is 1.27. The van der Waals surface area contributed by atoms with Crippen molar-refractivity contribution in [3.8, 4) is 0 Å². The lowest BCUT2D eigenvalue weighted by molar-refractivity contribution is -0.658. The Kier molecular flexibility index (Phi) is 4.38. The Bertz CT molecular complexity index is 803. The summed E-state index contributed by atoms with van der Waals surface area (Å²) in [7, 11) is 0. The van der Waals surface area contributed by atoms with Gasteiger partial charge < -0.3 is 5.11 Å². The normalized spacial score (nSPS) is 23.6. The third-order valence-corrected chi connectivity index (χ3v) is 5.70. The summed E-state index contributed by atoms with van der Waals surface area (Å²) in [5.41, 5.74) is 0.691. The van der Waals surface area contributed by atoms with Crippen LogP contribution < -0.4 is 4.90 Å². The van der Waals surface area contributed by atoms with Gasteiger partial charge in [0.1, 0.15) is 11.5 Å². The highest BCUT2D eigenvalue weighted by Crippen LogP contribution is 2.35. The van der Waals surface area contributed by atoms with Crippen LogP contribution in [-0.2, 0) is 5.72 Å². The van der Waals surface area contributed by atoms with Crippen LogP contribution in [0.15, 0.2) is 53.0 Å². The molecule has 1 N–H and O–H groups in total. The Hall–Kier alpha value is -1.72. The molecule has 2 aromatic rings. The lowest BCUT2D eigenvalue weighted by Crippen LogP contribution is -2.41. The highest BCUT2D eigenvalue weighted by molar-refractivity contribution is 9.10. The predicted octanol–water partition coefficient (Wildman–Crippen LogP) is 4.24. The number of amidine groups is 1. The molecule has 2 aliphatic rings. The molecule has 3 nitrogen and oxygen atoms in total. The van der Waals surface area contributed by atoms with Gasteiger partial charge in [-0.3, -0.25) is 0 Å². The number of hydrogen-bond donors (Lipinski definition) is 1. The Morgan fingerprint density at radius 3 is 2.44 bits per heavy atom. The Balaban J connectivity index is 1.79. The van der Waals surface area contributed by atoms with Gasteiger partial charge in [-0.05, 0) is 67.8 Å². The minimum Gasteiger partial charge on any atom is -0.346 e. The Morgan fingerprint density at radius 2 is 1.72 bits per heavy atom. The SMILES string of the molecule is O[C@@]1(c2ccc(F)cc2)CN(c2ccc(Br)cc2)C2=[N+]1CCCCC2. The number of rotatable bonds is 2. The summed E-state index contributed by atoms with van der Waals surface area (Å²) in [6, 6.07) is 14.4. The molecule has 4 rings (SSSR count). The summed E-state index contributed by atoms with van der Waals surface area (Å²) in [5, 5.41) is 11.6. The Morgan fingerprint density at radius 1 is 1.00 bits per heavy atom. The molecule has 0 saturated carbocycles. The third-order valence-electron chi connectivity index (χ3n) is 5.18. The first-order valence-electron chi connectivity index (χ1n) is 8.73. The molecule has 2 aliphatic heterocycles. The van der Waals surface area contributed by atoms with E-state index in [1.807, 2.05) is 12.1 Å². The van der Waals surface area contributed by atoms with Gasteiger partial charge in [-0.15, -0.1) is 0 Å². The van der Waals surface area contributed by atoms with Crippen LogP contribution in [0.1, 0.15) is 31.2 Å². The average molecular weight is 404 g/mol. The number of anilines is 1. The minimum atomic E-state index is -1.12. The number of β-amino-alcohol motifs (C(OH)–C–C–N with tert-alkyl or cyclic N) is 1. The van der Waals surface area contributed by atoms with E-state index in [-0.39, 0.29) is 5.82 Å². The van der Waals surface area contributed by atoms with E-state index in [4.69, 9.17) is 0 Å². The zero-order chi connectivity index (χ0) is 17.4. The summed E-state index contributed by atoms with van der Waals surface area (Å²) >= 11 is 3.48. The summed E-state index contributed by atoms with van der Waals surface area (Å²) < 4.78 is 16.5. The van der Waals surface area contributed by atoms with Gasteiger partial charge in [0.25, 0.3) is 11.6 Å². The molecular weight excluding hydrogens is 383 g/mol. The molecule has 0 radical (unpaired) electrons. The van der Waals surface area contributed by atoms with Crippen LogP contribution in [0.4, 0.5) is 10.1 Å². The van der Waals surface area contributed by atoms with E-state index in [0.29, 0.717) is 6.54 Å². The van der Waals surface area contributed by atoms with E-state index >= 15 is 0 Å². The molecule has 2 aromatic carbocycles. The molecule has 2 heterocycles. The zero-order valence-corrected chi connectivity index (χ0v) is 15.5. The standard InChI is InChI=1S/C20H21BrFN2O/c21-16-7-11-18(12-8-16)23-14-20(25,15-5-9-17(22)10-6-15)24-13-3-1-2-4-19(23)24/h5-12,25H,1-4,13-14H2/q+1/t20-/m1/s1. The van der Waals surface area contributed by atoms with Crippen molar-refractivity contribution in [3.63, 3.8) is 0 Å². The van der Waals surface area contributed by atoms with E-state index in [9.17, 15) is 9.50 Å². The second kappa shape index (κ2) is 6.54. The molecule has 0 aromatic heterocycles. The fourth-order valence-corrected chi connectivity index (χ4v) is 4.16. The molecule has 1 atom stereocenters. The Labute approximate surface area is 155 Å². The van der Waals surface area contributed by atoms with Crippen LogP contribution >= 0.6 is 15.9 Å². The van der Waals surface area contributed by atoms with E-state index < -0.39 is 5.72 Å². The molecule has 130 valence electrons. The zero-order valence-electron chi connectivity index (χ0n) is 14.0. The van der Waals surface area contributed by atoms with Crippen LogP contribution in [0.25, 0.3) is 0 Å². The smallest absolute Gasteiger partial charge is 0.271 e. The van der Waals surface area contributed by atoms with Crippen LogP contribution in [0.3, 0.4) is 0 Å². The van der Waals surface area contributed by atoms with Gasteiger partial charge in [0.05, 0.1) is 6.54 Å². The van der Waals surface area contributed by atoms with Crippen LogP contribution in [0.5, 0.6) is 0 Å². The van der Waals surface area contributed by atoms with Crippen LogP contribution in [0, 0.1) is 5.82 Å². The monoisotopic (exact) mass is 403 g/mol. The first-order valence-corrected chi connectivity index (χ1v) is 9.52. The maximum Gasteiger partial charge on any atom is 0.271 e. The quantitative estimate of drug-likeness (QED) is 0.759. The maximum absolute atomic E-state index is 13.4. The van der Waals surface area contributed by atoms with Crippen LogP contribution in [-0.4, -0.2) is 28.6 Å². The van der Waals surface area contributed by atoms with E-state index in [2.05, 4.69) is 37.5 Å². The van der Waals surface area contributed by atoms with E-state index in [1.165, 1.54) is 12.1 Å². The molecule has 25 heavy (non-hydrogen) atoms. The molecule has 0 unspecified atom stereocenters. The molecule has 0 amide bonds. The highest BCUT2D eigenvalue weighted by Gasteiger charge is 2.51. The predicted molar refractivity (Wildman–Crippen MR) is 100 cm³/mol. The molecule has 0 fully saturated rings. The molecule has 0 spiro atoms. The number of nitrogens with zero attached hydrogens (tertiary/aromatic N) is 2. The van der Waals surface area contributed by atoms with Crippen LogP contribution in [0.2, 0.25) is 0 Å². The van der Waals surface area contributed by atoms with Gasteiger partial charge in [0.15, 0.2) is 6.54 Å². The number of hydrogen-bond acceptors (Lipinski definition) is 2. The second-order valence-electron chi connectivity index (χ2n) is 6.76. The van der Waals surface area contributed by atoms with Crippen molar-refractivity contribution in [1.29, 1.82) is 0 Å². The van der Waals surface area contributed by atoms with Crippen molar-refractivity contribution >= 4 is 27.5 Å². The largest absolute Gasteiger partial charge is 0.346 e. The lowest BCUT2D eigenvalue weighted by atomic mass is 10.0. The average Bonchev–Trinajstić information content (AvgIpc) is 2.78. The summed E-state index contributed by atoms with van der Waals surface area (Å²) in [4.78, 5) is 2.21. The maximum atomic E-state index is 13.4. The van der Waals surface area contributed by atoms with Crippen molar-refractivity contribution < 1.29 is 14.1 Å². The second-order valence-corrected chi connectivity index (χ2v) is 7.68. The molecule has 0 aliphatic carbocycles. The van der Waals surface area contributed by atoms with Gasteiger partial charge in [0.2, 0.25) is 0 Å². The minimum absolute atomic E-state index is 0.282. The van der Waals surface area contributed by atoms with E-state index in [0.717, 1.165) is 53.8 Å². The first kappa shape index (κ1) is 16.7. The van der Waals surface area contributed by atoms with Gasteiger partial charge in [-0.1, -0.05) is 15.9 Å². The van der Waals surface area contributed by atoms with Crippen molar-refractivity contribution in [3.05, 3.63) is 64.4 Å². The van der Waals surface area contributed by atoms with Gasteiger partial charge in [0, 0.05) is 16.5 Å². The molecule has 5 heteroatoms. The van der Waals surface area contributed by atoms with E-state index in [1.54, 1.807) is 12.1 Å². The molecule has 0 bridgehead atoms. The number of halogens is 2. The lowest BCUT2D eigenvalue weighted by Gasteiger charge is -2.23. The highest BCUT2D eigenvalue weighted by atomic mass is 79.9. The fraction of sp³-hybridized carbons (Fsp3) is 0.350. The van der Waals surface area contributed by atoms with Crippen molar-refractivity contribution in [2.45, 2.75) is 31.4 Å². The number of aliphatic hydroxyl groups is 1. The van der Waals surface area contributed by atoms with Gasteiger partial charge >= 0.3 is 0 Å².